The lowest BCUT2D eigenvalue weighted by molar-refractivity contribution is -0.165. The summed E-state index contributed by atoms with van der Waals surface area (Å²) < 4.78 is 0. The van der Waals surface area contributed by atoms with E-state index in [1.807, 2.05) is 12.1 Å². The summed E-state index contributed by atoms with van der Waals surface area (Å²) in [6.45, 7) is 2.60. The van der Waals surface area contributed by atoms with Crippen molar-refractivity contribution in [2.45, 2.75) is 51.0 Å². The molecule has 0 spiro atoms. The maximum atomic E-state index is 12.2. The Balaban J connectivity index is 1.18. The number of hydroxylamine groups is 2. The summed E-state index contributed by atoms with van der Waals surface area (Å²) in [6.07, 6.45) is 9.84. The van der Waals surface area contributed by atoms with Crippen LogP contribution in [0, 0.1) is 5.92 Å². The Morgan fingerprint density at radius 2 is 1.60 bits per heavy atom. The van der Waals surface area contributed by atoms with Crippen molar-refractivity contribution in [1.82, 2.24) is 14.9 Å². The van der Waals surface area contributed by atoms with Crippen molar-refractivity contribution in [3.05, 3.63) is 102 Å². The van der Waals surface area contributed by atoms with Crippen LogP contribution in [0.15, 0.2) is 85.2 Å². The molecule has 4 rings (SSSR count). The second-order valence-electron chi connectivity index (χ2n) is 9.58. The van der Waals surface area contributed by atoms with Gasteiger partial charge in [-0.05, 0) is 67.4 Å². The molecule has 0 aliphatic carbocycles. The van der Waals surface area contributed by atoms with Gasteiger partial charge in [-0.15, -0.1) is 0 Å². The molecule has 1 aromatic heterocycles. The molecule has 0 bridgehead atoms. The van der Waals surface area contributed by atoms with Crippen LogP contribution >= 0.6 is 0 Å². The molecule has 2 aromatic carbocycles. The van der Waals surface area contributed by atoms with Crippen LogP contribution in [0.5, 0.6) is 0 Å². The Morgan fingerprint density at radius 1 is 0.943 bits per heavy atom. The predicted octanol–water partition coefficient (Wildman–Crippen LogP) is 5.90. The molecule has 1 N–H and O–H groups in total. The topological polar surface area (TPSA) is 56.7 Å². The summed E-state index contributed by atoms with van der Waals surface area (Å²) in [7, 11) is 0. The highest BCUT2D eigenvalue weighted by Gasteiger charge is 2.27. The number of piperidine rings is 1. The van der Waals surface area contributed by atoms with E-state index >= 15 is 0 Å². The number of carbonyl (C=O) groups excluding carboxylic acids is 1. The lowest BCUT2D eigenvalue weighted by Crippen LogP contribution is -2.37. The molecule has 0 unspecified atom stereocenters. The van der Waals surface area contributed by atoms with E-state index in [0.29, 0.717) is 31.3 Å². The van der Waals surface area contributed by atoms with Gasteiger partial charge in [0.2, 0.25) is 5.91 Å². The highest BCUT2D eigenvalue weighted by Crippen LogP contribution is 2.33. The molecule has 2 heterocycles. The van der Waals surface area contributed by atoms with Crippen LogP contribution in [0.4, 0.5) is 0 Å². The van der Waals surface area contributed by atoms with Gasteiger partial charge in [0, 0.05) is 25.4 Å². The van der Waals surface area contributed by atoms with Crippen molar-refractivity contribution in [2.24, 2.45) is 5.92 Å². The molecule has 184 valence electrons. The minimum Gasteiger partial charge on any atom is -0.292 e. The zero-order valence-corrected chi connectivity index (χ0v) is 20.5. The number of aromatic nitrogens is 1. The normalized spacial score (nSPS) is 14.8. The lowest BCUT2D eigenvalue weighted by Gasteiger charge is -2.38. The maximum Gasteiger partial charge on any atom is 0.246 e. The first kappa shape index (κ1) is 25.1. The van der Waals surface area contributed by atoms with Gasteiger partial charge in [0.05, 0.1) is 6.04 Å². The average Bonchev–Trinajstić information content (AvgIpc) is 2.92. The third-order valence-corrected chi connectivity index (χ3v) is 7.12. The van der Waals surface area contributed by atoms with E-state index in [0.717, 1.165) is 43.0 Å². The summed E-state index contributed by atoms with van der Waals surface area (Å²) in [5.74, 6) is 0.502. The summed E-state index contributed by atoms with van der Waals surface area (Å²) in [4.78, 5) is 18.9. The van der Waals surface area contributed by atoms with Crippen LogP contribution in [0.1, 0.15) is 61.3 Å². The number of aryl methyl sites for hydroxylation is 1. The first-order valence-corrected chi connectivity index (χ1v) is 12.9. The molecule has 5 heteroatoms. The van der Waals surface area contributed by atoms with Gasteiger partial charge in [0.15, 0.2) is 0 Å². The van der Waals surface area contributed by atoms with Crippen molar-refractivity contribution in [3.8, 4) is 0 Å². The molecule has 35 heavy (non-hydrogen) atoms. The van der Waals surface area contributed by atoms with Crippen LogP contribution in [0.2, 0.25) is 0 Å². The fourth-order valence-electron chi connectivity index (χ4n) is 5.13. The SMILES string of the molecule is O=C(CCc1cccnc1)N(O)CCCCC1CCN(C(c2ccccc2)c2ccccc2)CC1. The molecule has 0 saturated carbocycles. The summed E-state index contributed by atoms with van der Waals surface area (Å²) in [6, 6.07) is 25.8. The summed E-state index contributed by atoms with van der Waals surface area (Å²) in [5.41, 5.74) is 3.73. The van der Waals surface area contributed by atoms with Crippen LogP contribution in [0.25, 0.3) is 0 Å². The fourth-order valence-corrected chi connectivity index (χ4v) is 5.13. The van der Waals surface area contributed by atoms with Crippen molar-refractivity contribution in [1.29, 1.82) is 0 Å². The van der Waals surface area contributed by atoms with E-state index in [2.05, 4.69) is 70.5 Å². The van der Waals surface area contributed by atoms with Gasteiger partial charge in [-0.2, -0.15) is 0 Å². The van der Waals surface area contributed by atoms with Gasteiger partial charge in [-0.25, -0.2) is 5.06 Å². The number of likely N-dealkylation sites (tertiary alicyclic amines) is 1. The number of unbranched alkanes of at least 4 members (excludes halogenated alkanes) is 1. The zero-order valence-electron chi connectivity index (χ0n) is 20.5. The zero-order chi connectivity index (χ0) is 24.3. The second kappa shape index (κ2) is 13.2. The van der Waals surface area contributed by atoms with E-state index in [1.54, 1.807) is 12.4 Å². The Hall–Kier alpha value is -3.02. The first-order chi connectivity index (χ1) is 17.2. The van der Waals surface area contributed by atoms with Gasteiger partial charge < -0.3 is 0 Å². The Bertz CT molecular complexity index is 966. The monoisotopic (exact) mass is 471 g/mol. The minimum atomic E-state index is -0.213. The van der Waals surface area contributed by atoms with Gasteiger partial charge in [-0.1, -0.05) is 79.6 Å². The third kappa shape index (κ3) is 7.48. The number of pyridine rings is 1. The van der Waals surface area contributed by atoms with E-state index < -0.39 is 0 Å². The number of nitrogens with zero attached hydrogens (tertiary/aromatic N) is 3. The van der Waals surface area contributed by atoms with E-state index in [1.165, 1.54) is 24.0 Å². The van der Waals surface area contributed by atoms with E-state index in [9.17, 15) is 10.0 Å². The largest absolute Gasteiger partial charge is 0.292 e. The Morgan fingerprint density at radius 3 is 2.20 bits per heavy atom. The van der Waals surface area contributed by atoms with Gasteiger partial charge in [-0.3, -0.25) is 19.9 Å². The molecule has 1 saturated heterocycles. The molecule has 1 amide bonds. The molecule has 1 fully saturated rings. The quantitative estimate of drug-likeness (QED) is 0.215. The van der Waals surface area contributed by atoms with E-state index in [-0.39, 0.29) is 5.91 Å². The smallest absolute Gasteiger partial charge is 0.246 e. The minimum absolute atomic E-state index is 0.213. The molecule has 0 atom stereocenters. The number of hydrogen-bond donors (Lipinski definition) is 1. The van der Waals surface area contributed by atoms with Crippen molar-refractivity contribution in [3.63, 3.8) is 0 Å². The van der Waals surface area contributed by atoms with Crippen LogP contribution in [-0.2, 0) is 11.2 Å². The fraction of sp³-hybridized carbons (Fsp3) is 0.400. The molecule has 5 nitrogen and oxygen atoms in total. The van der Waals surface area contributed by atoms with Crippen LogP contribution < -0.4 is 0 Å². The number of rotatable bonds is 11. The molecular weight excluding hydrogens is 434 g/mol. The van der Waals surface area contributed by atoms with Crippen molar-refractivity contribution in [2.75, 3.05) is 19.6 Å². The number of carbonyl (C=O) groups is 1. The second-order valence-corrected chi connectivity index (χ2v) is 9.58. The van der Waals surface area contributed by atoms with Crippen LogP contribution in [0.3, 0.4) is 0 Å². The summed E-state index contributed by atoms with van der Waals surface area (Å²) >= 11 is 0. The maximum absolute atomic E-state index is 12.2. The molecule has 1 aliphatic rings. The molecule has 1 aliphatic heterocycles. The summed E-state index contributed by atoms with van der Waals surface area (Å²) in [5, 5.41) is 11.0. The first-order valence-electron chi connectivity index (χ1n) is 12.9. The third-order valence-electron chi connectivity index (χ3n) is 7.12. The average molecular weight is 472 g/mol. The number of benzene rings is 2. The number of hydrogen-bond acceptors (Lipinski definition) is 4. The van der Waals surface area contributed by atoms with Gasteiger partial charge >= 0.3 is 0 Å². The Labute approximate surface area is 209 Å². The molecule has 3 aromatic rings. The van der Waals surface area contributed by atoms with Crippen molar-refractivity contribution < 1.29 is 10.0 Å². The number of amides is 1. The van der Waals surface area contributed by atoms with Gasteiger partial charge in [0.25, 0.3) is 0 Å². The highest BCUT2D eigenvalue weighted by molar-refractivity contribution is 5.75. The molecular formula is C30H37N3O2. The standard InChI is InChI=1S/C30H37N3O2/c34-29(17-16-26-11-9-20-31-24-26)33(35)21-8-7-10-25-18-22-32(23-19-25)30(27-12-3-1-4-13-27)28-14-5-2-6-15-28/h1-6,9,11-15,20,24-25,30,35H,7-8,10,16-19,21-23H2. The lowest BCUT2D eigenvalue weighted by atomic mass is 9.88. The van der Waals surface area contributed by atoms with Gasteiger partial charge in [0.1, 0.15) is 0 Å². The van der Waals surface area contributed by atoms with E-state index in [4.69, 9.17) is 0 Å². The predicted molar refractivity (Wildman–Crippen MR) is 139 cm³/mol. The van der Waals surface area contributed by atoms with Crippen LogP contribution in [-0.4, -0.2) is 45.7 Å². The molecule has 0 radical (unpaired) electrons. The highest BCUT2D eigenvalue weighted by atomic mass is 16.5. The van der Waals surface area contributed by atoms with Crippen molar-refractivity contribution >= 4 is 5.91 Å². The Kier molecular flexibility index (Phi) is 9.44.